The summed E-state index contributed by atoms with van der Waals surface area (Å²) in [6, 6.07) is 15.1. The molecular weight excluding hydrogens is 329 g/mol. The van der Waals surface area contributed by atoms with E-state index in [0.717, 1.165) is 30.8 Å². The summed E-state index contributed by atoms with van der Waals surface area (Å²) in [5.41, 5.74) is 3.06. The number of aryl methyl sites for hydroxylation is 1. The number of urea groups is 1. The van der Waals surface area contributed by atoms with E-state index in [9.17, 15) is 9.18 Å². The fraction of sp³-hybridized carbons (Fsp3) is 0.381. The number of hydrogen-bond donors (Lipinski definition) is 1. The number of halogens is 1. The maximum atomic E-state index is 13.7. The lowest BCUT2D eigenvalue weighted by atomic mass is 10.1. The molecule has 1 fully saturated rings. The van der Waals surface area contributed by atoms with Gasteiger partial charge in [-0.2, -0.15) is 0 Å². The van der Waals surface area contributed by atoms with E-state index >= 15 is 0 Å². The average molecular weight is 355 g/mol. The van der Waals surface area contributed by atoms with Crippen LogP contribution in [-0.4, -0.2) is 48.6 Å². The molecule has 0 atom stereocenters. The van der Waals surface area contributed by atoms with Crippen LogP contribution in [0.4, 0.5) is 9.18 Å². The highest BCUT2D eigenvalue weighted by Crippen LogP contribution is 2.10. The van der Waals surface area contributed by atoms with Gasteiger partial charge in [0.25, 0.3) is 0 Å². The van der Waals surface area contributed by atoms with E-state index in [2.05, 4.69) is 16.3 Å². The molecule has 2 aromatic carbocycles. The number of carbonyl (C=O) groups is 1. The van der Waals surface area contributed by atoms with Crippen LogP contribution in [0.25, 0.3) is 0 Å². The van der Waals surface area contributed by atoms with Crippen LogP contribution in [0.2, 0.25) is 0 Å². The van der Waals surface area contributed by atoms with E-state index in [-0.39, 0.29) is 11.8 Å². The van der Waals surface area contributed by atoms with Gasteiger partial charge in [0.2, 0.25) is 0 Å². The topological polar surface area (TPSA) is 35.6 Å². The van der Waals surface area contributed by atoms with E-state index < -0.39 is 0 Å². The van der Waals surface area contributed by atoms with Crippen molar-refractivity contribution in [2.75, 3.05) is 32.7 Å². The molecule has 2 amide bonds. The zero-order valence-corrected chi connectivity index (χ0v) is 15.2. The highest BCUT2D eigenvalue weighted by atomic mass is 19.1. The van der Waals surface area contributed by atoms with Crippen LogP contribution in [0.15, 0.2) is 48.5 Å². The van der Waals surface area contributed by atoms with Gasteiger partial charge in [0, 0.05) is 39.3 Å². The first kappa shape index (κ1) is 18.4. The Kier molecular flexibility index (Phi) is 6.23. The number of nitrogens with zero attached hydrogens (tertiary/aromatic N) is 2. The number of amides is 2. The van der Waals surface area contributed by atoms with Gasteiger partial charge in [-0.1, -0.05) is 48.0 Å². The van der Waals surface area contributed by atoms with Crippen molar-refractivity contribution in [2.24, 2.45) is 0 Å². The lowest BCUT2D eigenvalue weighted by Gasteiger charge is -2.34. The van der Waals surface area contributed by atoms with Crippen LogP contribution in [0, 0.1) is 12.7 Å². The van der Waals surface area contributed by atoms with Crippen molar-refractivity contribution in [3.05, 3.63) is 71.0 Å². The Bertz CT molecular complexity index is 742. The molecule has 0 aromatic heterocycles. The molecule has 2 aromatic rings. The molecule has 1 aliphatic rings. The second-order valence-electron chi connectivity index (χ2n) is 6.82. The third kappa shape index (κ3) is 5.05. The number of nitrogens with one attached hydrogen (secondary N) is 1. The Balaban J connectivity index is 1.40. The number of benzene rings is 2. The van der Waals surface area contributed by atoms with Crippen molar-refractivity contribution < 1.29 is 9.18 Å². The van der Waals surface area contributed by atoms with Crippen LogP contribution in [0.3, 0.4) is 0 Å². The molecule has 138 valence electrons. The maximum Gasteiger partial charge on any atom is 0.317 e. The minimum Gasteiger partial charge on any atom is -0.334 e. The molecule has 3 rings (SSSR count). The van der Waals surface area contributed by atoms with Gasteiger partial charge in [-0.25, -0.2) is 9.18 Å². The maximum absolute atomic E-state index is 13.7. The van der Waals surface area contributed by atoms with Gasteiger partial charge in [0.05, 0.1) is 0 Å². The lowest BCUT2D eigenvalue weighted by molar-refractivity contribution is 0.139. The van der Waals surface area contributed by atoms with Gasteiger partial charge < -0.3 is 10.2 Å². The zero-order chi connectivity index (χ0) is 18.4. The van der Waals surface area contributed by atoms with E-state index in [1.807, 2.05) is 42.2 Å². The first-order chi connectivity index (χ1) is 12.6. The Morgan fingerprint density at radius 2 is 1.85 bits per heavy atom. The van der Waals surface area contributed by atoms with Crippen LogP contribution in [-0.2, 0) is 13.0 Å². The van der Waals surface area contributed by atoms with E-state index in [1.165, 1.54) is 11.6 Å². The minimum absolute atomic E-state index is 0.0136. The molecule has 26 heavy (non-hydrogen) atoms. The standard InChI is InChI=1S/C21H26FN3O/c1-17-5-4-6-18(15-17)16-23-21(26)25-13-11-24(12-14-25)10-9-19-7-2-3-8-20(19)22/h2-8,15H,9-14,16H2,1H3,(H,23,26). The molecule has 0 aliphatic carbocycles. The fourth-order valence-electron chi connectivity index (χ4n) is 3.27. The van der Waals surface area contributed by atoms with Crippen LogP contribution >= 0.6 is 0 Å². The van der Waals surface area contributed by atoms with Gasteiger partial charge >= 0.3 is 6.03 Å². The van der Waals surface area contributed by atoms with Gasteiger partial charge in [-0.05, 0) is 30.5 Å². The van der Waals surface area contributed by atoms with Gasteiger partial charge in [0.15, 0.2) is 0 Å². The van der Waals surface area contributed by atoms with Crippen molar-refractivity contribution in [2.45, 2.75) is 19.9 Å². The van der Waals surface area contributed by atoms with Crippen molar-refractivity contribution in [3.63, 3.8) is 0 Å². The molecule has 1 saturated heterocycles. The van der Waals surface area contributed by atoms with Crippen LogP contribution < -0.4 is 5.32 Å². The Morgan fingerprint density at radius 3 is 2.58 bits per heavy atom. The molecule has 0 unspecified atom stereocenters. The monoisotopic (exact) mass is 355 g/mol. The van der Waals surface area contributed by atoms with E-state index in [0.29, 0.717) is 26.1 Å². The quantitative estimate of drug-likeness (QED) is 0.894. The average Bonchev–Trinajstić information content (AvgIpc) is 2.66. The summed E-state index contributed by atoms with van der Waals surface area (Å²) in [6.45, 7) is 6.48. The molecule has 5 heteroatoms. The fourth-order valence-corrected chi connectivity index (χ4v) is 3.27. The van der Waals surface area contributed by atoms with Gasteiger partial charge in [-0.15, -0.1) is 0 Å². The molecule has 4 nitrogen and oxygen atoms in total. The largest absolute Gasteiger partial charge is 0.334 e. The highest BCUT2D eigenvalue weighted by Gasteiger charge is 2.20. The summed E-state index contributed by atoms with van der Waals surface area (Å²) in [4.78, 5) is 16.5. The summed E-state index contributed by atoms with van der Waals surface area (Å²) in [6.07, 6.45) is 0.701. The second kappa shape index (κ2) is 8.81. The number of piperazine rings is 1. The first-order valence-electron chi connectivity index (χ1n) is 9.16. The number of carbonyl (C=O) groups excluding carboxylic acids is 1. The molecule has 1 heterocycles. The number of rotatable bonds is 5. The first-order valence-corrected chi connectivity index (χ1v) is 9.16. The normalized spacial score (nSPS) is 15.1. The van der Waals surface area contributed by atoms with Crippen molar-refractivity contribution in [1.82, 2.24) is 15.1 Å². The molecule has 0 spiro atoms. The SMILES string of the molecule is Cc1cccc(CNC(=O)N2CCN(CCc3ccccc3F)CC2)c1. The summed E-state index contributed by atoms with van der Waals surface area (Å²) in [5.74, 6) is -0.137. The minimum atomic E-state index is -0.137. The Labute approximate surface area is 154 Å². The highest BCUT2D eigenvalue weighted by molar-refractivity contribution is 5.74. The molecule has 1 aliphatic heterocycles. The van der Waals surface area contributed by atoms with Crippen molar-refractivity contribution in [3.8, 4) is 0 Å². The summed E-state index contributed by atoms with van der Waals surface area (Å²) >= 11 is 0. The van der Waals surface area contributed by atoms with E-state index in [4.69, 9.17) is 0 Å². The van der Waals surface area contributed by atoms with Crippen LogP contribution in [0.1, 0.15) is 16.7 Å². The van der Waals surface area contributed by atoms with Crippen molar-refractivity contribution in [1.29, 1.82) is 0 Å². The third-order valence-electron chi connectivity index (χ3n) is 4.84. The van der Waals surface area contributed by atoms with Gasteiger partial charge in [-0.3, -0.25) is 4.90 Å². The second-order valence-corrected chi connectivity index (χ2v) is 6.82. The van der Waals surface area contributed by atoms with Crippen molar-refractivity contribution >= 4 is 6.03 Å². The molecule has 0 bridgehead atoms. The molecular formula is C21H26FN3O. The summed E-state index contributed by atoms with van der Waals surface area (Å²) in [5, 5.41) is 2.99. The lowest BCUT2D eigenvalue weighted by Crippen LogP contribution is -2.51. The number of hydrogen-bond acceptors (Lipinski definition) is 2. The van der Waals surface area contributed by atoms with E-state index in [1.54, 1.807) is 6.07 Å². The van der Waals surface area contributed by atoms with Crippen LogP contribution in [0.5, 0.6) is 0 Å². The predicted octanol–water partition coefficient (Wildman–Crippen LogP) is 3.20. The summed E-state index contributed by atoms with van der Waals surface area (Å²) < 4.78 is 13.7. The smallest absolute Gasteiger partial charge is 0.317 e. The molecule has 0 radical (unpaired) electrons. The zero-order valence-electron chi connectivity index (χ0n) is 15.2. The Morgan fingerprint density at radius 1 is 1.08 bits per heavy atom. The Hall–Kier alpha value is -2.40. The molecule has 1 N–H and O–H groups in total. The third-order valence-corrected chi connectivity index (χ3v) is 4.84. The van der Waals surface area contributed by atoms with Gasteiger partial charge in [0.1, 0.15) is 5.82 Å². The molecule has 0 saturated carbocycles. The predicted molar refractivity (Wildman–Crippen MR) is 102 cm³/mol. The summed E-state index contributed by atoms with van der Waals surface area (Å²) in [7, 11) is 0.